The predicted molar refractivity (Wildman–Crippen MR) is 270 cm³/mol. The molecule has 0 spiro atoms. The molecule has 63 heavy (non-hydrogen) atoms. The van der Waals surface area contributed by atoms with Crippen LogP contribution in [0.3, 0.4) is 0 Å². The van der Waals surface area contributed by atoms with E-state index in [0.29, 0.717) is 19.3 Å². The van der Waals surface area contributed by atoms with Gasteiger partial charge in [-0.1, -0.05) is 279 Å². The largest absolute Gasteiger partial charge is 0.462 e. The molecule has 0 amide bonds. The predicted octanol–water partition coefficient (Wildman–Crippen LogP) is 18.5. The summed E-state index contributed by atoms with van der Waals surface area (Å²) in [5, 5.41) is 0. The Hall–Kier alpha value is -1.59. The lowest BCUT2D eigenvalue weighted by Gasteiger charge is -2.18. The van der Waals surface area contributed by atoms with Crippen LogP contribution < -0.4 is 0 Å². The summed E-state index contributed by atoms with van der Waals surface area (Å²) < 4.78 is 16.9. The first-order chi connectivity index (χ1) is 30.8. The van der Waals surface area contributed by atoms with E-state index in [9.17, 15) is 14.4 Å². The van der Waals surface area contributed by atoms with Gasteiger partial charge in [0.2, 0.25) is 0 Å². The standard InChI is InChI=1S/C57H110O6/c1-6-8-9-10-11-12-13-14-20-23-26-32-37-42-47-55(58)61-50-54(51-62-56(59)48-43-38-33-29-28-31-36-41-46-53(5)7-2)63-57(60)49-44-39-34-27-24-21-18-16-15-17-19-22-25-30-35-40-45-52(3)4/h52-54H,6-51H2,1-5H3/t53?,54-/m0/s1. The zero-order valence-electron chi connectivity index (χ0n) is 43.2. The molecule has 0 rings (SSSR count). The number of carbonyl (C=O) groups excluding carboxylic acids is 3. The maximum absolute atomic E-state index is 12.8. The van der Waals surface area contributed by atoms with Crippen molar-refractivity contribution >= 4 is 17.9 Å². The second-order valence-electron chi connectivity index (χ2n) is 20.3. The van der Waals surface area contributed by atoms with Gasteiger partial charge in [0.15, 0.2) is 6.10 Å². The molecule has 6 nitrogen and oxygen atoms in total. The highest BCUT2D eigenvalue weighted by Gasteiger charge is 2.19. The molecule has 0 aromatic carbocycles. The Bertz CT molecular complexity index is 964. The maximum Gasteiger partial charge on any atom is 0.306 e. The van der Waals surface area contributed by atoms with Crippen LogP contribution in [0.15, 0.2) is 0 Å². The quantitative estimate of drug-likeness (QED) is 0.0344. The van der Waals surface area contributed by atoms with Crippen molar-refractivity contribution < 1.29 is 28.6 Å². The summed E-state index contributed by atoms with van der Waals surface area (Å²) in [6.07, 6.45) is 52.3. The average Bonchev–Trinajstić information content (AvgIpc) is 3.27. The van der Waals surface area contributed by atoms with Gasteiger partial charge in [0.1, 0.15) is 13.2 Å². The van der Waals surface area contributed by atoms with Crippen LogP contribution in [-0.4, -0.2) is 37.2 Å². The molecule has 0 aliphatic rings. The minimum Gasteiger partial charge on any atom is -0.462 e. The van der Waals surface area contributed by atoms with Gasteiger partial charge in [0, 0.05) is 19.3 Å². The Labute approximate surface area is 393 Å². The summed E-state index contributed by atoms with van der Waals surface area (Å²) in [7, 11) is 0. The van der Waals surface area contributed by atoms with Gasteiger partial charge in [-0.05, 0) is 31.1 Å². The molecule has 1 unspecified atom stereocenters. The summed E-state index contributed by atoms with van der Waals surface area (Å²) >= 11 is 0. The number of esters is 3. The molecule has 374 valence electrons. The minimum absolute atomic E-state index is 0.0631. The molecule has 0 saturated heterocycles. The van der Waals surface area contributed by atoms with E-state index in [4.69, 9.17) is 14.2 Å². The second kappa shape index (κ2) is 49.8. The molecule has 0 radical (unpaired) electrons. The van der Waals surface area contributed by atoms with Crippen molar-refractivity contribution in [3.8, 4) is 0 Å². The first kappa shape index (κ1) is 61.4. The van der Waals surface area contributed by atoms with Crippen LogP contribution in [0.4, 0.5) is 0 Å². The lowest BCUT2D eigenvalue weighted by atomic mass is 9.99. The summed E-state index contributed by atoms with van der Waals surface area (Å²) in [5.41, 5.74) is 0. The molecule has 0 fully saturated rings. The van der Waals surface area contributed by atoms with Crippen molar-refractivity contribution in [1.29, 1.82) is 0 Å². The van der Waals surface area contributed by atoms with E-state index in [2.05, 4.69) is 34.6 Å². The topological polar surface area (TPSA) is 78.9 Å². The summed E-state index contributed by atoms with van der Waals surface area (Å²) in [6.45, 7) is 11.4. The van der Waals surface area contributed by atoms with Crippen molar-refractivity contribution in [3.63, 3.8) is 0 Å². The molecule has 0 aliphatic heterocycles. The van der Waals surface area contributed by atoms with Gasteiger partial charge in [-0.3, -0.25) is 14.4 Å². The Balaban J connectivity index is 4.28. The minimum atomic E-state index is -0.762. The third kappa shape index (κ3) is 49.7. The van der Waals surface area contributed by atoms with Gasteiger partial charge in [0.05, 0.1) is 0 Å². The summed E-state index contributed by atoms with van der Waals surface area (Å²) in [4.78, 5) is 38.1. The second-order valence-corrected chi connectivity index (χ2v) is 20.3. The lowest BCUT2D eigenvalue weighted by Crippen LogP contribution is -2.30. The van der Waals surface area contributed by atoms with Crippen molar-refractivity contribution in [2.45, 2.75) is 323 Å². The highest BCUT2D eigenvalue weighted by atomic mass is 16.6. The van der Waals surface area contributed by atoms with Gasteiger partial charge in [0.25, 0.3) is 0 Å². The highest BCUT2D eigenvalue weighted by molar-refractivity contribution is 5.71. The number of rotatable bonds is 51. The molecule has 0 heterocycles. The van der Waals surface area contributed by atoms with E-state index in [0.717, 1.165) is 69.6 Å². The van der Waals surface area contributed by atoms with E-state index in [-0.39, 0.29) is 31.1 Å². The number of ether oxygens (including phenoxy) is 3. The average molecular weight is 892 g/mol. The van der Waals surface area contributed by atoms with Crippen LogP contribution in [0.5, 0.6) is 0 Å². The van der Waals surface area contributed by atoms with Crippen LogP contribution in [0, 0.1) is 11.8 Å². The van der Waals surface area contributed by atoms with Gasteiger partial charge in [-0.2, -0.15) is 0 Å². The number of unbranched alkanes of at least 4 members (excludes halogenated alkanes) is 35. The van der Waals surface area contributed by atoms with Gasteiger partial charge in [-0.25, -0.2) is 0 Å². The van der Waals surface area contributed by atoms with Crippen molar-refractivity contribution in [1.82, 2.24) is 0 Å². The first-order valence-electron chi connectivity index (χ1n) is 28.3. The van der Waals surface area contributed by atoms with Crippen LogP contribution in [0.2, 0.25) is 0 Å². The van der Waals surface area contributed by atoms with E-state index in [1.807, 2.05) is 0 Å². The third-order valence-corrected chi connectivity index (χ3v) is 13.3. The molecular formula is C57H110O6. The molecule has 0 N–H and O–H groups in total. The molecule has 0 saturated carbocycles. The van der Waals surface area contributed by atoms with Crippen molar-refractivity contribution in [2.75, 3.05) is 13.2 Å². The Morgan fingerprint density at radius 2 is 0.603 bits per heavy atom. The molecule has 6 heteroatoms. The number of carbonyl (C=O) groups is 3. The fraction of sp³-hybridized carbons (Fsp3) is 0.947. The third-order valence-electron chi connectivity index (χ3n) is 13.3. The molecule has 2 atom stereocenters. The maximum atomic E-state index is 12.8. The Morgan fingerprint density at radius 3 is 0.905 bits per heavy atom. The van der Waals surface area contributed by atoms with Crippen LogP contribution in [-0.2, 0) is 28.6 Å². The Morgan fingerprint density at radius 1 is 0.333 bits per heavy atom. The lowest BCUT2D eigenvalue weighted by molar-refractivity contribution is -0.167. The zero-order chi connectivity index (χ0) is 46.1. The van der Waals surface area contributed by atoms with Crippen LogP contribution in [0.25, 0.3) is 0 Å². The van der Waals surface area contributed by atoms with E-state index < -0.39 is 6.10 Å². The van der Waals surface area contributed by atoms with Crippen LogP contribution >= 0.6 is 0 Å². The molecule has 0 aliphatic carbocycles. The molecule has 0 bridgehead atoms. The SMILES string of the molecule is CCCCCCCCCCCCCCCCC(=O)OC[C@@H](COC(=O)CCCCCCCCCCC(C)CC)OC(=O)CCCCCCCCCCCCCCCCCCC(C)C. The van der Waals surface area contributed by atoms with Gasteiger partial charge < -0.3 is 14.2 Å². The van der Waals surface area contributed by atoms with Crippen molar-refractivity contribution in [2.24, 2.45) is 11.8 Å². The van der Waals surface area contributed by atoms with Crippen LogP contribution in [0.1, 0.15) is 317 Å². The number of hydrogen-bond acceptors (Lipinski definition) is 6. The molecule has 0 aromatic rings. The zero-order valence-corrected chi connectivity index (χ0v) is 43.2. The smallest absolute Gasteiger partial charge is 0.306 e. The summed E-state index contributed by atoms with van der Waals surface area (Å²) in [6, 6.07) is 0. The van der Waals surface area contributed by atoms with Gasteiger partial charge >= 0.3 is 17.9 Å². The molecule has 0 aromatic heterocycles. The van der Waals surface area contributed by atoms with Crippen molar-refractivity contribution in [3.05, 3.63) is 0 Å². The van der Waals surface area contributed by atoms with E-state index in [1.165, 1.54) is 205 Å². The monoisotopic (exact) mass is 891 g/mol. The normalized spacial score (nSPS) is 12.5. The van der Waals surface area contributed by atoms with Gasteiger partial charge in [-0.15, -0.1) is 0 Å². The van der Waals surface area contributed by atoms with E-state index >= 15 is 0 Å². The molecular weight excluding hydrogens is 781 g/mol. The summed E-state index contributed by atoms with van der Waals surface area (Å²) in [5.74, 6) is 0.857. The van der Waals surface area contributed by atoms with E-state index in [1.54, 1.807) is 0 Å². The fourth-order valence-corrected chi connectivity index (χ4v) is 8.66. The fourth-order valence-electron chi connectivity index (χ4n) is 8.66. The Kier molecular flexibility index (Phi) is 48.6. The highest BCUT2D eigenvalue weighted by Crippen LogP contribution is 2.18. The number of hydrogen-bond donors (Lipinski definition) is 0. The first-order valence-corrected chi connectivity index (χ1v) is 28.3.